The summed E-state index contributed by atoms with van der Waals surface area (Å²) < 4.78 is 26.3. The third-order valence-electron chi connectivity index (χ3n) is 3.00. The van der Waals surface area contributed by atoms with Gasteiger partial charge in [-0.15, -0.1) is 11.8 Å². The van der Waals surface area contributed by atoms with Crippen LogP contribution in [-0.4, -0.2) is 11.7 Å². The Balaban J connectivity index is 1.88. The molecule has 6 heteroatoms. The molecule has 0 aromatic heterocycles. The van der Waals surface area contributed by atoms with Gasteiger partial charge in [-0.2, -0.15) is 0 Å². The molecule has 1 N–H and O–H groups in total. The first-order valence-corrected chi connectivity index (χ1v) is 7.95. The van der Waals surface area contributed by atoms with Gasteiger partial charge in [0, 0.05) is 16.0 Å². The summed E-state index contributed by atoms with van der Waals surface area (Å²) >= 11 is 6.84. The van der Waals surface area contributed by atoms with Crippen LogP contribution in [-0.2, 0) is 4.79 Å². The van der Waals surface area contributed by atoms with Crippen molar-refractivity contribution in [3.63, 3.8) is 0 Å². The fourth-order valence-corrected chi connectivity index (χ4v) is 2.71. The molecule has 2 nitrogen and oxygen atoms in total. The minimum Gasteiger partial charge on any atom is -0.349 e. The molecule has 0 saturated heterocycles. The van der Waals surface area contributed by atoms with E-state index in [-0.39, 0.29) is 22.6 Å². The maximum atomic E-state index is 13.5. The molecule has 1 atom stereocenters. The van der Waals surface area contributed by atoms with E-state index in [1.54, 1.807) is 12.1 Å². The van der Waals surface area contributed by atoms with Crippen molar-refractivity contribution in [3.05, 3.63) is 64.7 Å². The van der Waals surface area contributed by atoms with E-state index in [1.165, 1.54) is 12.1 Å². The molecule has 0 saturated carbocycles. The van der Waals surface area contributed by atoms with Gasteiger partial charge < -0.3 is 5.32 Å². The lowest BCUT2D eigenvalue weighted by Crippen LogP contribution is -2.28. The van der Waals surface area contributed by atoms with Gasteiger partial charge in [-0.25, -0.2) is 8.78 Å². The van der Waals surface area contributed by atoms with Gasteiger partial charge in [0.1, 0.15) is 11.6 Å². The zero-order valence-corrected chi connectivity index (χ0v) is 13.3. The van der Waals surface area contributed by atoms with Gasteiger partial charge in [-0.1, -0.05) is 23.7 Å². The lowest BCUT2D eigenvalue weighted by molar-refractivity contribution is -0.119. The van der Waals surface area contributed by atoms with E-state index in [0.29, 0.717) is 5.02 Å². The first-order chi connectivity index (χ1) is 10.5. The summed E-state index contributed by atoms with van der Waals surface area (Å²) in [7, 11) is 0. The smallest absolute Gasteiger partial charge is 0.230 e. The van der Waals surface area contributed by atoms with Crippen molar-refractivity contribution in [3.8, 4) is 0 Å². The molecule has 22 heavy (non-hydrogen) atoms. The van der Waals surface area contributed by atoms with E-state index >= 15 is 0 Å². The van der Waals surface area contributed by atoms with E-state index in [0.717, 1.165) is 23.4 Å². The summed E-state index contributed by atoms with van der Waals surface area (Å²) in [5.41, 5.74) is 0.927. The number of benzene rings is 2. The van der Waals surface area contributed by atoms with Crippen LogP contribution in [0, 0.1) is 11.6 Å². The first-order valence-electron chi connectivity index (χ1n) is 6.58. The van der Waals surface area contributed by atoms with E-state index in [9.17, 15) is 13.6 Å². The predicted octanol–water partition coefficient (Wildman–Crippen LogP) is 4.59. The maximum absolute atomic E-state index is 13.5. The number of thioether (sulfide) groups is 1. The SMILES string of the molecule is C[C@@H](NC(=O)CSc1ccc(F)cc1F)c1ccc(Cl)cc1. The highest BCUT2D eigenvalue weighted by Gasteiger charge is 2.11. The van der Waals surface area contributed by atoms with Crippen LogP contribution in [0.4, 0.5) is 8.78 Å². The topological polar surface area (TPSA) is 29.1 Å². The number of carbonyl (C=O) groups is 1. The van der Waals surface area contributed by atoms with Crippen LogP contribution in [0.5, 0.6) is 0 Å². The summed E-state index contributed by atoms with van der Waals surface area (Å²) in [6, 6.07) is 10.3. The summed E-state index contributed by atoms with van der Waals surface area (Å²) in [5, 5.41) is 3.45. The Bertz CT molecular complexity index is 664. The summed E-state index contributed by atoms with van der Waals surface area (Å²) in [5.74, 6) is -1.47. The van der Waals surface area contributed by atoms with Crippen LogP contribution >= 0.6 is 23.4 Å². The second-order valence-corrected chi connectivity index (χ2v) is 6.16. The highest BCUT2D eigenvalue weighted by atomic mass is 35.5. The molecule has 0 aliphatic carbocycles. The zero-order chi connectivity index (χ0) is 16.1. The molecule has 0 radical (unpaired) electrons. The standard InChI is InChI=1S/C16H14ClF2NOS/c1-10(11-2-4-12(17)5-3-11)20-16(21)9-22-15-7-6-13(18)8-14(15)19/h2-8,10H,9H2,1H3,(H,20,21)/t10-/m1/s1. The molecule has 0 aliphatic rings. The van der Waals surface area contributed by atoms with Gasteiger partial charge in [0.2, 0.25) is 5.91 Å². The zero-order valence-electron chi connectivity index (χ0n) is 11.8. The van der Waals surface area contributed by atoms with E-state index in [1.807, 2.05) is 19.1 Å². The summed E-state index contributed by atoms with van der Waals surface area (Å²) in [4.78, 5) is 12.1. The minimum atomic E-state index is -0.663. The lowest BCUT2D eigenvalue weighted by atomic mass is 10.1. The van der Waals surface area contributed by atoms with Crippen LogP contribution in [0.3, 0.4) is 0 Å². The Morgan fingerprint density at radius 3 is 2.55 bits per heavy atom. The average Bonchev–Trinajstić information content (AvgIpc) is 2.47. The molecule has 2 rings (SSSR count). The molecular formula is C16H14ClF2NOS. The molecule has 2 aromatic rings. The fourth-order valence-electron chi connectivity index (χ4n) is 1.85. The van der Waals surface area contributed by atoms with Crippen molar-refractivity contribution in [2.45, 2.75) is 17.9 Å². The summed E-state index contributed by atoms with van der Waals surface area (Å²) in [6.45, 7) is 1.85. The maximum Gasteiger partial charge on any atom is 0.230 e. The third-order valence-corrected chi connectivity index (χ3v) is 4.30. The quantitative estimate of drug-likeness (QED) is 0.806. The summed E-state index contributed by atoms with van der Waals surface area (Å²) in [6.07, 6.45) is 0. The average molecular weight is 342 g/mol. The van der Waals surface area contributed by atoms with Gasteiger partial charge in [0.25, 0.3) is 0 Å². The van der Waals surface area contributed by atoms with Crippen LogP contribution in [0.25, 0.3) is 0 Å². The molecule has 0 heterocycles. The molecule has 0 bridgehead atoms. The number of nitrogens with one attached hydrogen (secondary N) is 1. The lowest BCUT2D eigenvalue weighted by Gasteiger charge is -2.14. The van der Waals surface area contributed by atoms with Crippen molar-refractivity contribution in [1.29, 1.82) is 0 Å². The van der Waals surface area contributed by atoms with Gasteiger partial charge in [-0.3, -0.25) is 4.79 Å². The predicted molar refractivity (Wildman–Crippen MR) is 85.1 cm³/mol. The molecular weight excluding hydrogens is 328 g/mol. The third kappa shape index (κ3) is 4.71. The monoisotopic (exact) mass is 341 g/mol. The molecule has 0 aliphatic heterocycles. The van der Waals surface area contributed by atoms with Crippen LogP contribution in [0.2, 0.25) is 5.02 Å². The Morgan fingerprint density at radius 1 is 1.23 bits per heavy atom. The number of halogens is 3. The normalized spacial score (nSPS) is 12.0. The highest BCUT2D eigenvalue weighted by molar-refractivity contribution is 8.00. The van der Waals surface area contributed by atoms with Gasteiger partial charge in [0.05, 0.1) is 11.8 Å². The van der Waals surface area contributed by atoms with E-state index in [4.69, 9.17) is 11.6 Å². The Morgan fingerprint density at radius 2 is 1.91 bits per heavy atom. The second-order valence-electron chi connectivity index (χ2n) is 4.70. The highest BCUT2D eigenvalue weighted by Crippen LogP contribution is 2.22. The first kappa shape index (κ1) is 16.8. The minimum absolute atomic E-state index is 0.0560. The molecule has 0 unspecified atom stereocenters. The fraction of sp³-hybridized carbons (Fsp3) is 0.188. The van der Waals surface area contributed by atoms with Crippen molar-refractivity contribution in [1.82, 2.24) is 5.32 Å². The van der Waals surface area contributed by atoms with Crippen molar-refractivity contribution in [2.24, 2.45) is 0 Å². The van der Waals surface area contributed by atoms with Crippen LogP contribution in [0.1, 0.15) is 18.5 Å². The van der Waals surface area contributed by atoms with Crippen LogP contribution in [0.15, 0.2) is 47.4 Å². The van der Waals surface area contributed by atoms with Crippen molar-refractivity contribution < 1.29 is 13.6 Å². The number of carbonyl (C=O) groups excluding carboxylic acids is 1. The van der Waals surface area contributed by atoms with Crippen LogP contribution < -0.4 is 5.32 Å². The largest absolute Gasteiger partial charge is 0.349 e. The Kier molecular flexibility index (Phi) is 5.80. The molecule has 0 fully saturated rings. The van der Waals surface area contributed by atoms with Gasteiger partial charge >= 0.3 is 0 Å². The van der Waals surface area contributed by atoms with Gasteiger partial charge in [-0.05, 0) is 36.8 Å². The Labute approximate surface area is 136 Å². The number of amides is 1. The second kappa shape index (κ2) is 7.61. The molecule has 116 valence electrons. The molecule has 2 aromatic carbocycles. The van der Waals surface area contributed by atoms with Gasteiger partial charge in [0.15, 0.2) is 0 Å². The number of hydrogen-bond acceptors (Lipinski definition) is 2. The van der Waals surface area contributed by atoms with Crippen molar-refractivity contribution >= 4 is 29.3 Å². The Hall–Kier alpha value is -1.59. The van der Waals surface area contributed by atoms with E-state index < -0.39 is 11.6 Å². The number of rotatable bonds is 5. The number of hydrogen-bond donors (Lipinski definition) is 1. The molecule has 1 amide bonds. The van der Waals surface area contributed by atoms with E-state index in [2.05, 4.69) is 5.32 Å². The van der Waals surface area contributed by atoms with Crippen molar-refractivity contribution in [2.75, 3.05) is 5.75 Å². The molecule has 0 spiro atoms.